The van der Waals surface area contributed by atoms with Crippen LogP contribution in [0.25, 0.3) is 11.4 Å². The molecule has 146 valence electrons. The fourth-order valence-corrected chi connectivity index (χ4v) is 3.11. The van der Waals surface area contributed by atoms with Crippen molar-refractivity contribution in [1.29, 1.82) is 0 Å². The number of amides is 1. The summed E-state index contributed by atoms with van der Waals surface area (Å²) in [6.45, 7) is 0. The molecule has 0 fully saturated rings. The number of hydrogen-bond acceptors (Lipinski definition) is 5. The van der Waals surface area contributed by atoms with Crippen LogP contribution in [0.5, 0.6) is 0 Å². The van der Waals surface area contributed by atoms with Gasteiger partial charge in [-0.05, 0) is 36.4 Å². The molecule has 11 heteroatoms. The third-order valence-electron chi connectivity index (χ3n) is 3.61. The maximum Gasteiger partial charge on any atom is 0.418 e. The van der Waals surface area contributed by atoms with Gasteiger partial charge in [0.1, 0.15) is 0 Å². The van der Waals surface area contributed by atoms with Crippen molar-refractivity contribution >= 4 is 35.0 Å². The van der Waals surface area contributed by atoms with Crippen LogP contribution < -0.4 is 11.2 Å². The molecule has 0 unspecified atom stereocenters. The van der Waals surface area contributed by atoms with Gasteiger partial charge in [-0.2, -0.15) is 13.2 Å². The number of anilines is 1. The lowest BCUT2D eigenvalue weighted by Crippen LogP contribution is -2.19. The predicted octanol–water partition coefficient (Wildman–Crippen LogP) is 4.06. The van der Waals surface area contributed by atoms with Crippen LogP contribution in [-0.2, 0) is 11.0 Å². The number of benzene rings is 2. The van der Waals surface area contributed by atoms with Crippen LogP contribution in [0.3, 0.4) is 0 Å². The molecule has 0 saturated heterocycles. The van der Waals surface area contributed by atoms with Gasteiger partial charge in [0.25, 0.3) is 0 Å². The van der Waals surface area contributed by atoms with E-state index in [-0.39, 0.29) is 16.6 Å². The van der Waals surface area contributed by atoms with E-state index in [4.69, 9.17) is 17.4 Å². The van der Waals surface area contributed by atoms with E-state index in [1.807, 2.05) is 0 Å². The summed E-state index contributed by atoms with van der Waals surface area (Å²) in [6, 6.07) is 11.5. The van der Waals surface area contributed by atoms with Gasteiger partial charge < -0.3 is 11.2 Å². The van der Waals surface area contributed by atoms with Gasteiger partial charge in [0.2, 0.25) is 11.1 Å². The van der Waals surface area contributed by atoms with E-state index in [1.54, 1.807) is 24.3 Å². The van der Waals surface area contributed by atoms with Gasteiger partial charge in [-0.25, -0.2) is 4.68 Å². The highest BCUT2D eigenvalue weighted by Gasteiger charge is 2.33. The average Bonchev–Trinajstić information content (AvgIpc) is 3.01. The Balaban J connectivity index is 1.67. The molecule has 0 saturated carbocycles. The van der Waals surface area contributed by atoms with Gasteiger partial charge in [0.05, 0.1) is 17.0 Å². The molecular weight excluding hydrogens is 415 g/mol. The molecule has 0 atom stereocenters. The molecule has 0 bridgehead atoms. The second kappa shape index (κ2) is 8.11. The molecule has 3 rings (SSSR count). The molecule has 0 aliphatic carbocycles. The van der Waals surface area contributed by atoms with Crippen LogP contribution in [0.15, 0.2) is 53.7 Å². The number of thioether (sulfide) groups is 1. The van der Waals surface area contributed by atoms with Crippen molar-refractivity contribution in [3.05, 3.63) is 59.1 Å². The number of nitrogens with one attached hydrogen (secondary N) is 1. The maximum atomic E-state index is 13.0. The lowest BCUT2D eigenvalue weighted by Gasteiger charge is -2.13. The van der Waals surface area contributed by atoms with Crippen LogP contribution >= 0.6 is 23.4 Å². The molecule has 0 aliphatic heterocycles. The number of hydrogen-bond donors (Lipinski definition) is 2. The number of rotatable bonds is 5. The highest BCUT2D eigenvalue weighted by molar-refractivity contribution is 7.99. The smallest absolute Gasteiger partial charge is 0.335 e. The van der Waals surface area contributed by atoms with E-state index < -0.39 is 17.6 Å². The largest absolute Gasteiger partial charge is 0.418 e. The number of para-hydroxylation sites is 1. The van der Waals surface area contributed by atoms with Gasteiger partial charge >= 0.3 is 6.18 Å². The van der Waals surface area contributed by atoms with Crippen LogP contribution in [0.4, 0.5) is 18.9 Å². The molecule has 6 nitrogen and oxygen atoms in total. The quantitative estimate of drug-likeness (QED) is 0.473. The van der Waals surface area contributed by atoms with Crippen LogP contribution in [0.2, 0.25) is 5.02 Å². The Morgan fingerprint density at radius 1 is 1.14 bits per heavy atom. The summed E-state index contributed by atoms with van der Waals surface area (Å²) in [6.07, 6.45) is -4.57. The molecule has 1 aromatic heterocycles. The lowest BCUT2D eigenvalue weighted by molar-refractivity contribution is -0.137. The first-order chi connectivity index (χ1) is 13.3. The van der Waals surface area contributed by atoms with Gasteiger partial charge in [-0.3, -0.25) is 4.79 Å². The summed E-state index contributed by atoms with van der Waals surface area (Å²) in [5, 5.41) is 10.9. The molecule has 3 N–H and O–H groups in total. The predicted molar refractivity (Wildman–Crippen MR) is 101 cm³/mol. The van der Waals surface area contributed by atoms with Crippen molar-refractivity contribution < 1.29 is 18.0 Å². The van der Waals surface area contributed by atoms with Gasteiger partial charge in [-0.1, -0.05) is 35.5 Å². The summed E-state index contributed by atoms with van der Waals surface area (Å²) in [4.78, 5) is 12.1. The Hall–Kier alpha value is -2.72. The second-order valence-electron chi connectivity index (χ2n) is 5.56. The zero-order valence-electron chi connectivity index (χ0n) is 14.1. The van der Waals surface area contributed by atoms with Gasteiger partial charge in [0, 0.05) is 10.6 Å². The Morgan fingerprint density at radius 3 is 2.50 bits per heavy atom. The maximum absolute atomic E-state index is 13.0. The van der Waals surface area contributed by atoms with Crippen molar-refractivity contribution in [2.24, 2.45) is 0 Å². The number of carbonyl (C=O) groups is 1. The number of nitrogens with two attached hydrogens (primary N) is 1. The highest BCUT2D eigenvalue weighted by atomic mass is 35.5. The first kappa shape index (κ1) is 20.0. The molecule has 28 heavy (non-hydrogen) atoms. The normalized spacial score (nSPS) is 11.4. The summed E-state index contributed by atoms with van der Waals surface area (Å²) in [7, 11) is 0. The van der Waals surface area contributed by atoms with E-state index in [9.17, 15) is 18.0 Å². The number of nitrogen functional groups attached to an aromatic ring is 1. The molecule has 2 aromatic carbocycles. The standard InChI is InChI=1S/C17H13ClF3N5OS/c18-11-7-5-10(6-8-11)15-24-25-16(26(15)22)28-9-14(27)23-13-4-2-1-3-12(13)17(19,20)21/h1-8H,9,22H2,(H,23,27). The minimum atomic E-state index is -4.57. The number of carbonyl (C=O) groups excluding carboxylic acids is 1. The molecule has 1 heterocycles. The van der Waals surface area contributed by atoms with Crippen molar-refractivity contribution in [3.63, 3.8) is 0 Å². The molecule has 0 radical (unpaired) electrons. The van der Waals surface area contributed by atoms with E-state index in [2.05, 4.69) is 15.5 Å². The summed E-state index contributed by atoms with van der Waals surface area (Å²) >= 11 is 6.79. The third-order valence-corrected chi connectivity index (χ3v) is 4.80. The highest BCUT2D eigenvalue weighted by Crippen LogP contribution is 2.34. The van der Waals surface area contributed by atoms with Crippen LogP contribution in [0, 0.1) is 0 Å². The molecule has 1 amide bonds. The number of nitrogens with zero attached hydrogens (tertiary/aromatic N) is 3. The molecular formula is C17H13ClF3N5OS. The van der Waals surface area contributed by atoms with E-state index in [1.165, 1.54) is 22.9 Å². The van der Waals surface area contributed by atoms with Gasteiger partial charge in [0.15, 0.2) is 5.82 Å². The van der Waals surface area contributed by atoms with Crippen molar-refractivity contribution in [1.82, 2.24) is 14.9 Å². The van der Waals surface area contributed by atoms with E-state index in [0.29, 0.717) is 16.4 Å². The van der Waals surface area contributed by atoms with Crippen molar-refractivity contribution in [2.45, 2.75) is 11.3 Å². The first-order valence-corrected chi connectivity index (χ1v) is 9.17. The first-order valence-electron chi connectivity index (χ1n) is 7.81. The summed E-state index contributed by atoms with van der Waals surface area (Å²) < 4.78 is 40.2. The number of alkyl halides is 3. The Labute approximate surface area is 166 Å². The number of halogens is 4. The monoisotopic (exact) mass is 427 g/mol. The van der Waals surface area contributed by atoms with Crippen molar-refractivity contribution in [3.8, 4) is 11.4 Å². The zero-order valence-corrected chi connectivity index (χ0v) is 15.6. The summed E-state index contributed by atoms with van der Waals surface area (Å²) in [5.74, 6) is 5.49. The molecule has 0 spiro atoms. The summed E-state index contributed by atoms with van der Waals surface area (Å²) in [5.41, 5.74) is -0.549. The second-order valence-corrected chi connectivity index (χ2v) is 6.94. The van der Waals surface area contributed by atoms with Gasteiger partial charge in [-0.15, -0.1) is 10.2 Å². The Kier molecular flexibility index (Phi) is 5.80. The molecule has 3 aromatic rings. The Morgan fingerprint density at radius 2 is 1.82 bits per heavy atom. The molecule has 0 aliphatic rings. The fourth-order valence-electron chi connectivity index (χ4n) is 2.33. The number of aromatic nitrogens is 3. The van der Waals surface area contributed by atoms with E-state index in [0.717, 1.165) is 17.8 Å². The van der Waals surface area contributed by atoms with Crippen LogP contribution in [0.1, 0.15) is 5.56 Å². The minimum absolute atomic E-state index is 0.192. The van der Waals surface area contributed by atoms with Crippen molar-refractivity contribution in [2.75, 3.05) is 16.9 Å². The SMILES string of the molecule is Nn1c(SCC(=O)Nc2ccccc2C(F)(F)F)nnc1-c1ccc(Cl)cc1. The zero-order chi connectivity index (χ0) is 20.3. The lowest BCUT2D eigenvalue weighted by atomic mass is 10.1. The topological polar surface area (TPSA) is 85.8 Å². The Bertz CT molecular complexity index is 991. The minimum Gasteiger partial charge on any atom is -0.335 e. The van der Waals surface area contributed by atoms with Crippen LogP contribution in [-0.4, -0.2) is 26.5 Å². The average molecular weight is 428 g/mol. The van der Waals surface area contributed by atoms with E-state index >= 15 is 0 Å². The fraction of sp³-hybridized carbons (Fsp3) is 0.118. The third kappa shape index (κ3) is 4.57.